The fourth-order valence-corrected chi connectivity index (χ4v) is 1.86. The number of hydrogen-bond donors (Lipinski definition) is 1. The number of hydrogen-bond acceptors (Lipinski definition) is 2. The van der Waals surface area contributed by atoms with Crippen molar-refractivity contribution in [1.29, 1.82) is 0 Å². The van der Waals surface area contributed by atoms with Gasteiger partial charge in [0, 0.05) is 23.7 Å². The lowest BCUT2D eigenvalue weighted by molar-refractivity contribution is -0.141. The van der Waals surface area contributed by atoms with Gasteiger partial charge in [-0.1, -0.05) is 25.4 Å². The van der Waals surface area contributed by atoms with Crippen LogP contribution in [0.25, 0.3) is 0 Å². The van der Waals surface area contributed by atoms with E-state index in [0.717, 1.165) is 6.42 Å². The number of benzene rings is 1. The number of carbonyl (C=O) groups excluding carboxylic acids is 1. The van der Waals surface area contributed by atoms with Crippen LogP contribution < -0.4 is 0 Å². The molecule has 0 bridgehead atoms. The molecule has 1 aromatic carbocycles. The minimum Gasteiger partial charge on any atom is -0.481 e. The van der Waals surface area contributed by atoms with Crippen LogP contribution in [-0.2, 0) is 4.79 Å². The van der Waals surface area contributed by atoms with Crippen molar-refractivity contribution in [2.24, 2.45) is 5.92 Å². The molecule has 0 saturated carbocycles. The molecule has 19 heavy (non-hydrogen) atoms. The minimum atomic E-state index is -0.898. The van der Waals surface area contributed by atoms with E-state index in [1.54, 1.807) is 36.1 Å². The van der Waals surface area contributed by atoms with Gasteiger partial charge in [-0.25, -0.2) is 0 Å². The Morgan fingerprint density at radius 3 is 2.37 bits per heavy atom. The zero-order chi connectivity index (χ0) is 14.4. The Morgan fingerprint density at radius 1 is 1.32 bits per heavy atom. The molecule has 0 aliphatic rings. The number of carboxylic acids is 1. The number of halogens is 1. The molecular formula is C14H18ClNO3. The first-order chi connectivity index (χ1) is 8.95. The van der Waals surface area contributed by atoms with Gasteiger partial charge in [0.2, 0.25) is 0 Å². The van der Waals surface area contributed by atoms with E-state index in [2.05, 4.69) is 0 Å². The molecule has 0 saturated heterocycles. The highest BCUT2D eigenvalue weighted by molar-refractivity contribution is 6.30. The zero-order valence-electron chi connectivity index (χ0n) is 11.1. The molecule has 1 aromatic rings. The lowest BCUT2D eigenvalue weighted by Gasteiger charge is -2.24. The number of nitrogens with zero attached hydrogens (tertiary/aromatic N) is 1. The summed E-state index contributed by atoms with van der Waals surface area (Å²) in [5, 5.41) is 9.50. The molecule has 0 aliphatic carbocycles. The largest absolute Gasteiger partial charge is 0.481 e. The number of carboxylic acid groups (broad SMARTS) is 1. The summed E-state index contributed by atoms with van der Waals surface area (Å²) in [6.45, 7) is 4.30. The van der Waals surface area contributed by atoms with Crippen molar-refractivity contribution >= 4 is 23.5 Å². The topological polar surface area (TPSA) is 57.6 Å². The van der Waals surface area contributed by atoms with Gasteiger partial charge in [0.05, 0.1) is 5.92 Å². The van der Waals surface area contributed by atoms with Gasteiger partial charge < -0.3 is 10.0 Å². The average Bonchev–Trinajstić information content (AvgIpc) is 2.38. The second-order valence-corrected chi connectivity index (χ2v) is 4.93. The number of carbonyl (C=O) groups is 2. The zero-order valence-corrected chi connectivity index (χ0v) is 11.9. The van der Waals surface area contributed by atoms with E-state index in [4.69, 9.17) is 16.7 Å². The molecular weight excluding hydrogens is 266 g/mol. The Kier molecular flexibility index (Phi) is 5.83. The van der Waals surface area contributed by atoms with E-state index in [1.807, 2.05) is 6.92 Å². The van der Waals surface area contributed by atoms with Gasteiger partial charge in [-0.2, -0.15) is 0 Å². The van der Waals surface area contributed by atoms with Gasteiger partial charge in [0.1, 0.15) is 0 Å². The molecule has 1 unspecified atom stereocenters. The quantitative estimate of drug-likeness (QED) is 0.873. The van der Waals surface area contributed by atoms with Crippen LogP contribution in [0.3, 0.4) is 0 Å². The lowest BCUT2D eigenvalue weighted by Crippen LogP contribution is -2.37. The third kappa shape index (κ3) is 4.56. The fourth-order valence-electron chi connectivity index (χ4n) is 1.73. The van der Waals surface area contributed by atoms with Crippen LogP contribution in [0.2, 0.25) is 5.02 Å². The second kappa shape index (κ2) is 7.14. The number of amides is 1. The summed E-state index contributed by atoms with van der Waals surface area (Å²) >= 11 is 5.78. The van der Waals surface area contributed by atoms with E-state index in [-0.39, 0.29) is 12.5 Å². The summed E-state index contributed by atoms with van der Waals surface area (Å²) in [5.74, 6) is -1.64. The number of rotatable bonds is 6. The standard InChI is InChI=1S/C14H18ClNO3/c1-3-8-16(9-10(2)14(18)19)13(17)11-4-6-12(15)7-5-11/h4-7,10H,3,8-9H2,1-2H3,(H,18,19). The molecule has 0 fully saturated rings. The Hall–Kier alpha value is -1.55. The van der Waals surface area contributed by atoms with Crippen LogP contribution in [0, 0.1) is 5.92 Å². The first-order valence-electron chi connectivity index (χ1n) is 6.23. The van der Waals surface area contributed by atoms with Crippen LogP contribution in [-0.4, -0.2) is 35.0 Å². The summed E-state index contributed by atoms with van der Waals surface area (Å²) < 4.78 is 0. The van der Waals surface area contributed by atoms with E-state index >= 15 is 0 Å². The maximum atomic E-state index is 12.3. The fraction of sp³-hybridized carbons (Fsp3) is 0.429. The van der Waals surface area contributed by atoms with Crippen molar-refractivity contribution in [2.75, 3.05) is 13.1 Å². The van der Waals surface area contributed by atoms with Crippen molar-refractivity contribution in [2.45, 2.75) is 20.3 Å². The van der Waals surface area contributed by atoms with E-state index in [0.29, 0.717) is 17.1 Å². The van der Waals surface area contributed by atoms with E-state index in [1.165, 1.54) is 0 Å². The van der Waals surface area contributed by atoms with Crippen LogP contribution in [0.1, 0.15) is 30.6 Å². The van der Waals surface area contributed by atoms with Gasteiger partial charge in [-0.3, -0.25) is 9.59 Å². The first kappa shape index (κ1) is 15.5. The third-order valence-corrected chi connectivity index (χ3v) is 3.04. The molecule has 0 spiro atoms. The Morgan fingerprint density at radius 2 is 1.89 bits per heavy atom. The van der Waals surface area contributed by atoms with Gasteiger partial charge >= 0.3 is 5.97 Å². The normalized spacial score (nSPS) is 11.9. The third-order valence-electron chi connectivity index (χ3n) is 2.79. The Labute approximate surface area is 118 Å². The van der Waals surface area contributed by atoms with E-state index in [9.17, 15) is 9.59 Å². The molecule has 0 aliphatic heterocycles. The molecule has 1 atom stereocenters. The molecule has 5 heteroatoms. The summed E-state index contributed by atoms with van der Waals surface area (Å²) in [7, 11) is 0. The molecule has 1 N–H and O–H groups in total. The van der Waals surface area contributed by atoms with Gasteiger partial charge in [-0.05, 0) is 30.7 Å². The van der Waals surface area contributed by atoms with E-state index < -0.39 is 11.9 Å². The van der Waals surface area contributed by atoms with Crippen molar-refractivity contribution in [3.63, 3.8) is 0 Å². The van der Waals surface area contributed by atoms with Gasteiger partial charge in [0.15, 0.2) is 0 Å². The summed E-state index contributed by atoms with van der Waals surface area (Å²) in [4.78, 5) is 24.8. The van der Waals surface area contributed by atoms with Gasteiger partial charge in [-0.15, -0.1) is 0 Å². The van der Waals surface area contributed by atoms with Crippen molar-refractivity contribution < 1.29 is 14.7 Å². The van der Waals surface area contributed by atoms with Crippen molar-refractivity contribution in [3.8, 4) is 0 Å². The Balaban J connectivity index is 2.83. The SMILES string of the molecule is CCCN(CC(C)C(=O)O)C(=O)c1ccc(Cl)cc1. The van der Waals surface area contributed by atoms with Crippen molar-refractivity contribution in [1.82, 2.24) is 4.90 Å². The minimum absolute atomic E-state index is 0.161. The highest BCUT2D eigenvalue weighted by Crippen LogP contribution is 2.13. The highest BCUT2D eigenvalue weighted by Gasteiger charge is 2.20. The molecule has 4 nitrogen and oxygen atoms in total. The van der Waals surface area contributed by atoms with Crippen LogP contribution in [0.15, 0.2) is 24.3 Å². The maximum Gasteiger partial charge on any atom is 0.308 e. The summed E-state index contributed by atoms with van der Waals surface area (Å²) in [6.07, 6.45) is 0.783. The number of aliphatic carboxylic acids is 1. The molecule has 0 radical (unpaired) electrons. The molecule has 104 valence electrons. The molecule has 0 heterocycles. The first-order valence-corrected chi connectivity index (χ1v) is 6.61. The van der Waals surface area contributed by atoms with Crippen LogP contribution >= 0.6 is 11.6 Å². The predicted molar refractivity (Wildman–Crippen MR) is 74.4 cm³/mol. The lowest BCUT2D eigenvalue weighted by atomic mass is 10.1. The molecule has 1 amide bonds. The van der Waals surface area contributed by atoms with Gasteiger partial charge in [0.25, 0.3) is 5.91 Å². The second-order valence-electron chi connectivity index (χ2n) is 4.50. The predicted octanol–water partition coefficient (Wildman–Crippen LogP) is 2.91. The van der Waals surface area contributed by atoms with Crippen LogP contribution in [0.4, 0.5) is 0 Å². The monoisotopic (exact) mass is 283 g/mol. The Bertz CT molecular complexity index is 445. The maximum absolute atomic E-state index is 12.3. The molecule has 1 rings (SSSR count). The summed E-state index contributed by atoms with van der Waals surface area (Å²) in [5.41, 5.74) is 0.524. The smallest absolute Gasteiger partial charge is 0.308 e. The highest BCUT2D eigenvalue weighted by atomic mass is 35.5. The molecule has 0 aromatic heterocycles. The van der Waals surface area contributed by atoms with Crippen LogP contribution in [0.5, 0.6) is 0 Å². The average molecular weight is 284 g/mol. The van der Waals surface area contributed by atoms with Crippen molar-refractivity contribution in [3.05, 3.63) is 34.9 Å². The summed E-state index contributed by atoms with van der Waals surface area (Å²) in [6, 6.07) is 6.61.